The number of hydrogen-bond donors (Lipinski definition) is 2. The van der Waals surface area contributed by atoms with E-state index >= 15 is 0 Å². The molecule has 0 aliphatic carbocycles. The highest BCUT2D eigenvalue weighted by atomic mass is 35.5. The summed E-state index contributed by atoms with van der Waals surface area (Å²) in [5.41, 5.74) is 3.03. The minimum atomic E-state index is -0.548. The topological polar surface area (TPSA) is 70.2 Å². The largest absolute Gasteiger partial charge is 0.497 e. The van der Waals surface area contributed by atoms with E-state index in [2.05, 4.69) is 21.6 Å². The molecule has 0 spiro atoms. The molecule has 3 aromatic rings. The van der Waals surface area contributed by atoms with Gasteiger partial charge in [0.2, 0.25) is 0 Å². The molecule has 2 N–H and O–H groups in total. The Labute approximate surface area is 179 Å². The van der Waals surface area contributed by atoms with E-state index < -0.39 is 5.82 Å². The summed E-state index contributed by atoms with van der Waals surface area (Å²) in [5.74, 6) is 0.523. The molecule has 4 rings (SSSR count). The van der Waals surface area contributed by atoms with Crippen molar-refractivity contribution in [3.63, 3.8) is 0 Å². The van der Waals surface area contributed by atoms with Crippen LogP contribution >= 0.6 is 11.6 Å². The minimum Gasteiger partial charge on any atom is -0.497 e. The van der Waals surface area contributed by atoms with Gasteiger partial charge in [-0.1, -0.05) is 23.7 Å². The minimum absolute atomic E-state index is 0.128. The van der Waals surface area contributed by atoms with Crippen LogP contribution in [0.4, 0.5) is 14.9 Å². The summed E-state index contributed by atoms with van der Waals surface area (Å²) in [5, 5.41) is 10.5. The molecule has 1 aromatic heterocycles. The Kier molecular flexibility index (Phi) is 5.90. The number of carbonyl (C=O) groups excluding carboxylic acids is 1. The lowest BCUT2D eigenvalue weighted by Crippen LogP contribution is -2.40. The second kappa shape index (κ2) is 8.75. The van der Waals surface area contributed by atoms with E-state index in [1.54, 1.807) is 18.1 Å². The first kappa shape index (κ1) is 20.2. The molecule has 2 amide bonds. The quantitative estimate of drug-likeness (QED) is 0.593. The number of benzene rings is 2. The van der Waals surface area contributed by atoms with Crippen molar-refractivity contribution in [1.29, 1.82) is 0 Å². The van der Waals surface area contributed by atoms with Gasteiger partial charge in [-0.25, -0.2) is 9.18 Å². The van der Waals surface area contributed by atoms with Crippen LogP contribution in [-0.4, -0.2) is 41.3 Å². The average molecular weight is 429 g/mol. The molecule has 0 radical (unpaired) electrons. The van der Waals surface area contributed by atoms with E-state index in [4.69, 9.17) is 16.3 Å². The van der Waals surface area contributed by atoms with E-state index in [9.17, 15) is 9.18 Å². The fraction of sp³-hybridized carbons (Fsp3) is 0.273. The summed E-state index contributed by atoms with van der Waals surface area (Å²) < 4.78 is 19.2. The van der Waals surface area contributed by atoms with Gasteiger partial charge >= 0.3 is 6.03 Å². The van der Waals surface area contributed by atoms with Crippen molar-refractivity contribution in [2.45, 2.75) is 18.8 Å². The number of piperidine rings is 1. The molecule has 0 unspecified atom stereocenters. The number of urea groups is 1. The number of halogens is 2. The highest BCUT2D eigenvalue weighted by Crippen LogP contribution is 2.30. The van der Waals surface area contributed by atoms with Gasteiger partial charge in [0.1, 0.15) is 11.6 Å². The third kappa shape index (κ3) is 4.41. The van der Waals surface area contributed by atoms with Crippen LogP contribution in [0.25, 0.3) is 11.3 Å². The summed E-state index contributed by atoms with van der Waals surface area (Å²) in [7, 11) is 1.64. The number of nitrogens with one attached hydrogen (secondary N) is 2. The Hall–Kier alpha value is -3.06. The number of anilines is 1. The molecule has 0 atom stereocenters. The van der Waals surface area contributed by atoms with Crippen molar-refractivity contribution in [2.75, 3.05) is 25.5 Å². The Morgan fingerprint density at radius 1 is 1.23 bits per heavy atom. The Morgan fingerprint density at radius 3 is 2.77 bits per heavy atom. The molecule has 156 valence electrons. The fourth-order valence-corrected chi connectivity index (χ4v) is 3.81. The van der Waals surface area contributed by atoms with E-state index in [1.807, 2.05) is 24.3 Å². The highest BCUT2D eigenvalue weighted by molar-refractivity contribution is 6.30. The number of aromatic amines is 1. The maximum Gasteiger partial charge on any atom is 0.321 e. The normalized spacial score (nSPS) is 14.6. The fourth-order valence-electron chi connectivity index (χ4n) is 3.65. The SMILES string of the molecule is COc1cccc(-c2cc(C3CCN(C(=O)Nc4ccc(Cl)cc4F)CC3)[nH]n2)c1. The number of H-pyrrole nitrogens is 1. The number of hydrogen-bond acceptors (Lipinski definition) is 3. The first-order valence-corrected chi connectivity index (χ1v) is 10.1. The molecule has 2 aromatic carbocycles. The lowest BCUT2D eigenvalue weighted by molar-refractivity contribution is 0.194. The van der Waals surface area contributed by atoms with Crippen molar-refractivity contribution >= 4 is 23.3 Å². The number of carbonyl (C=O) groups is 1. The number of ether oxygens (including phenoxy) is 1. The summed E-state index contributed by atoms with van der Waals surface area (Å²) in [6.45, 7) is 1.17. The molecule has 1 saturated heterocycles. The van der Waals surface area contributed by atoms with Crippen molar-refractivity contribution in [2.24, 2.45) is 0 Å². The lowest BCUT2D eigenvalue weighted by atomic mass is 9.93. The standard InChI is InChI=1S/C22H22ClFN4O2/c1-30-17-4-2-3-15(11-17)21-13-20(26-27-21)14-7-9-28(10-8-14)22(29)25-19-6-5-16(23)12-18(19)24/h2-6,11-14H,7-10H2,1H3,(H,25,29)(H,26,27). The molecule has 1 fully saturated rings. The van der Waals surface area contributed by atoms with Crippen LogP contribution in [0.2, 0.25) is 5.02 Å². The molecule has 0 saturated carbocycles. The zero-order valence-electron chi connectivity index (χ0n) is 16.5. The van der Waals surface area contributed by atoms with Crippen LogP contribution in [0, 0.1) is 5.82 Å². The summed E-state index contributed by atoms with van der Waals surface area (Å²) in [6, 6.07) is 13.7. The average Bonchev–Trinajstić information content (AvgIpc) is 3.26. The van der Waals surface area contributed by atoms with Gasteiger partial charge in [-0.05, 0) is 49.2 Å². The lowest BCUT2D eigenvalue weighted by Gasteiger charge is -2.31. The third-order valence-electron chi connectivity index (χ3n) is 5.36. The zero-order chi connectivity index (χ0) is 21.1. The van der Waals surface area contributed by atoms with Gasteiger partial charge in [0, 0.05) is 35.3 Å². The summed E-state index contributed by atoms with van der Waals surface area (Å²) >= 11 is 5.75. The molecule has 8 heteroatoms. The van der Waals surface area contributed by atoms with Crippen molar-refractivity contribution in [1.82, 2.24) is 15.1 Å². The van der Waals surface area contributed by atoms with Gasteiger partial charge in [-0.3, -0.25) is 5.10 Å². The maximum atomic E-state index is 13.9. The van der Waals surface area contributed by atoms with Gasteiger partial charge in [0.15, 0.2) is 0 Å². The van der Waals surface area contributed by atoms with Crippen LogP contribution in [0.3, 0.4) is 0 Å². The number of amides is 2. The van der Waals surface area contributed by atoms with Crippen molar-refractivity contribution in [3.05, 3.63) is 65.1 Å². The highest BCUT2D eigenvalue weighted by Gasteiger charge is 2.25. The monoisotopic (exact) mass is 428 g/mol. The van der Waals surface area contributed by atoms with Crippen LogP contribution < -0.4 is 10.1 Å². The van der Waals surface area contributed by atoms with Gasteiger partial charge in [-0.2, -0.15) is 5.10 Å². The molecule has 1 aliphatic rings. The molecule has 30 heavy (non-hydrogen) atoms. The first-order valence-electron chi connectivity index (χ1n) is 9.74. The Morgan fingerprint density at radius 2 is 2.03 bits per heavy atom. The molecule has 1 aliphatic heterocycles. The van der Waals surface area contributed by atoms with Crippen LogP contribution in [-0.2, 0) is 0 Å². The molecule has 6 nitrogen and oxygen atoms in total. The van der Waals surface area contributed by atoms with E-state index in [0.29, 0.717) is 18.1 Å². The van der Waals surface area contributed by atoms with Crippen LogP contribution in [0.1, 0.15) is 24.5 Å². The van der Waals surface area contributed by atoms with Gasteiger partial charge in [-0.15, -0.1) is 0 Å². The summed E-state index contributed by atoms with van der Waals surface area (Å²) in [4.78, 5) is 14.2. The number of aromatic nitrogens is 2. The smallest absolute Gasteiger partial charge is 0.321 e. The molecular weight excluding hydrogens is 407 g/mol. The van der Waals surface area contributed by atoms with E-state index in [0.717, 1.165) is 35.5 Å². The number of likely N-dealkylation sites (tertiary alicyclic amines) is 1. The summed E-state index contributed by atoms with van der Waals surface area (Å²) in [6.07, 6.45) is 1.60. The number of nitrogens with zero attached hydrogens (tertiary/aromatic N) is 2. The molecule has 2 heterocycles. The van der Waals surface area contributed by atoms with Crippen LogP contribution in [0.5, 0.6) is 5.75 Å². The number of methoxy groups -OCH3 is 1. The second-order valence-corrected chi connectivity index (χ2v) is 7.69. The van der Waals surface area contributed by atoms with Gasteiger partial charge in [0.25, 0.3) is 0 Å². The molecule has 0 bridgehead atoms. The maximum absolute atomic E-state index is 13.9. The predicted octanol–water partition coefficient (Wildman–Crippen LogP) is 5.29. The third-order valence-corrected chi connectivity index (χ3v) is 5.59. The zero-order valence-corrected chi connectivity index (χ0v) is 17.2. The Bertz CT molecular complexity index is 1050. The van der Waals surface area contributed by atoms with Crippen LogP contribution in [0.15, 0.2) is 48.5 Å². The predicted molar refractivity (Wildman–Crippen MR) is 115 cm³/mol. The van der Waals surface area contributed by atoms with Gasteiger partial charge in [0.05, 0.1) is 18.5 Å². The van der Waals surface area contributed by atoms with Crippen molar-refractivity contribution in [3.8, 4) is 17.0 Å². The number of rotatable bonds is 4. The van der Waals surface area contributed by atoms with E-state index in [-0.39, 0.29) is 17.6 Å². The second-order valence-electron chi connectivity index (χ2n) is 7.26. The Balaban J connectivity index is 1.36. The van der Waals surface area contributed by atoms with Crippen molar-refractivity contribution < 1.29 is 13.9 Å². The van der Waals surface area contributed by atoms with E-state index in [1.165, 1.54) is 12.1 Å². The first-order chi connectivity index (χ1) is 14.5. The van der Waals surface area contributed by atoms with Gasteiger partial charge < -0.3 is 15.0 Å². The molecular formula is C22H22ClFN4O2.